The van der Waals surface area contributed by atoms with Crippen molar-refractivity contribution >= 4 is 0 Å². The van der Waals surface area contributed by atoms with Crippen LogP contribution in [-0.4, -0.2) is 38.2 Å². The Morgan fingerprint density at radius 2 is 1.86 bits per heavy atom. The predicted molar refractivity (Wildman–Crippen MR) is 91.1 cm³/mol. The van der Waals surface area contributed by atoms with E-state index in [1.54, 1.807) is 7.11 Å². The van der Waals surface area contributed by atoms with E-state index >= 15 is 0 Å². The van der Waals surface area contributed by atoms with Crippen LogP contribution in [0.2, 0.25) is 0 Å². The third kappa shape index (κ3) is 5.01. The molecule has 0 bridgehead atoms. The third-order valence-corrected chi connectivity index (χ3v) is 4.25. The minimum absolute atomic E-state index is 0.301. The molecule has 3 nitrogen and oxygen atoms in total. The van der Waals surface area contributed by atoms with E-state index in [0.29, 0.717) is 12.1 Å². The third-order valence-electron chi connectivity index (χ3n) is 4.25. The highest BCUT2D eigenvalue weighted by atomic mass is 16.5. The number of benzene rings is 1. The monoisotopic (exact) mass is 292 g/mol. The summed E-state index contributed by atoms with van der Waals surface area (Å²) in [5.74, 6) is 0.976. The lowest BCUT2D eigenvalue weighted by Crippen LogP contribution is -2.38. The Morgan fingerprint density at radius 3 is 2.38 bits per heavy atom. The van der Waals surface area contributed by atoms with Gasteiger partial charge in [-0.25, -0.2) is 0 Å². The second-order valence-electron chi connectivity index (χ2n) is 5.77. The molecule has 0 saturated carbocycles. The average Bonchev–Trinajstić information content (AvgIpc) is 2.48. The maximum Gasteiger partial charge on any atom is 0.123 e. The van der Waals surface area contributed by atoms with Gasteiger partial charge in [0, 0.05) is 24.2 Å². The van der Waals surface area contributed by atoms with E-state index in [9.17, 15) is 0 Å². The molecule has 0 radical (unpaired) electrons. The number of hydrogen-bond donors (Lipinski definition) is 1. The highest BCUT2D eigenvalue weighted by molar-refractivity contribution is 5.39. The van der Waals surface area contributed by atoms with Gasteiger partial charge in [0.15, 0.2) is 0 Å². The minimum atomic E-state index is 0.301. The Balaban J connectivity index is 2.98. The van der Waals surface area contributed by atoms with Crippen LogP contribution in [0.1, 0.15) is 50.8 Å². The number of nitrogens with one attached hydrogen (secondary N) is 1. The Kier molecular flexibility index (Phi) is 7.76. The van der Waals surface area contributed by atoms with E-state index in [-0.39, 0.29) is 0 Å². The lowest BCUT2D eigenvalue weighted by molar-refractivity contribution is 0.205. The van der Waals surface area contributed by atoms with Gasteiger partial charge in [0.2, 0.25) is 0 Å². The zero-order valence-electron chi connectivity index (χ0n) is 14.6. The summed E-state index contributed by atoms with van der Waals surface area (Å²) in [5.41, 5.74) is 2.54. The first kappa shape index (κ1) is 18.0. The lowest BCUT2D eigenvalue weighted by Gasteiger charge is -2.31. The fraction of sp³-hybridized carbons (Fsp3) is 0.667. The van der Waals surface area contributed by atoms with Gasteiger partial charge in [0.25, 0.3) is 0 Å². The zero-order valence-corrected chi connectivity index (χ0v) is 14.6. The fourth-order valence-corrected chi connectivity index (χ4v) is 2.99. The highest BCUT2D eigenvalue weighted by Crippen LogP contribution is 2.27. The molecule has 1 aromatic rings. The summed E-state index contributed by atoms with van der Waals surface area (Å²) in [6.45, 7) is 10.8. The fourth-order valence-electron chi connectivity index (χ4n) is 2.99. The lowest BCUT2D eigenvalue weighted by atomic mass is 10.0. The quantitative estimate of drug-likeness (QED) is 0.750. The largest absolute Gasteiger partial charge is 0.496 e. The van der Waals surface area contributed by atoms with E-state index in [1.807, 2.05) is 0 Å². The SMILES string of the molecule is CCNC(CN(C)C(CC)CC)c1cc(C)ccc1OC. The van der Waals surface area contributed by atoms with Gasteiger partial charge in [-0.05, 0) is 39.4 Å². The van der Waals surface area contributed by atoms with Crippen molar-refractivity contribution in [2.75, 3.05) is 27.2 Å². The van der Waals surface area contributed by atoms with Crippen molar-refractivity contribution in [2.24, 2.45) is 0 Å². The van der Waals surface area contributed by atoms with Crippen LogP contribution in [0.4, 0.5) is 0 Å². The van der Waals surface area contributed by atoms with Crippen molar-refractivity contribution in [1.29, 1.82) is 0 Å². The molecule has 0 amide bonds. The maximum atomic E-state index is 5.56. The van der Waals surface area contributed by atoms with E-state index in [1.165, 1.54) is 24.0 Å². The highest BCUT2D eigenvalue weighted by Gasteiger charge is 2.20. The first-order valence-corrected chi connectivity index (χ1v) is 8.15. The van der Waals surface area contributed by atoms with Crippen LogP contribution in [0.5, 0.6) is 5.75 Å². The maximum absolute atomic E-state index is 5.56. The van der Waals surface area contributed by atoms with Gasteiger partial charge in [-0.2, -0.15) is 0 Å². The van der Waals surface area contributed by atoms with Gasteiger partial charge >= 0.3 is 0 Å². The second kappa shape index (κ2) is 9.06. The van der Waals surface area contributed by atoms with Crippen molar-refractivity contribution < 1.29 is 4.74 Å². The molecule has 120 valence electrons. The molecule has 0 aliphatic carbocycles. The summed E-state index contributed by atoms with van der Waals surface area (Å²) >= 11 is 0. The van der Waals surface area contributed by atoms with E-state index in [4.69, 9.17) is 4.74 Å². The van der Waals surface area contributed by atoms with Crippen LogP contribution < -0.4 is 10.1 Å². The number of aryl methyl sites for hydroxylation is 1. The first-order chi connectivity index (χ1) is 10.1. The van der Waals surface area contributed by atoms with Crippen molar-refractivity contribution in [3.63, 3.8) is 0 Å². The molecular formula is C18H32N2O. The summed E-state index contributed by atoms with van der Waals surface area (Å²) in [6.07, 6.45) is 2.38. The van der Waals surface area contributed by atoms with Crippen molar-refractivity contribution in [1.82, 2.24) is 10.2 Å². The van der Waals surface area contributed by atoms with Crippen LogP contribution in [0.15, 0.2) is 18.2 Å². The molecule has 3 heteroatoms. The molecule has 21 heavy (non-hydrogen) atoms. The van der Waals surface area contributed by atoms with Crippen LogP contribution >= 0.6 is 0 Å². The molecule has 0 saturated heterocycles. The second-order valence-corrected chi connectivity index (χ2v) is 5.77. The zero-order chi connectivity index (χ0) is 15.8. The van der Waals surface area contributed by atoms with E-state index in [2.05, 4.69) is 63.2 Å². The molecule has 1 unspecified atom stereocenters. The van der Waals surface area contributed by atoms with E-state index in [0.717, 1.165) is 18.8 Å². The Morgan fingerprint density at radius 1 is 1.19 bits per heavy atom. The molecule has 1 N–H and O–H groups in total. The van der Waals surface area contributed by atoms with Gasteiger partial charge in [-0.1, -0.05) is 38.5 Å². The minimum Gasteiger partial charge on any atom is -0.496 e. The number of hydrogen-bond acceptors (Lipinski definition) is 3. The standard InChI is InChI=1S/C18H32N2O/c1-7-15(8-2)20(5)13-17(19-9-3)16-12-14(4)10-11-18(16)21-6/h10-12,15,17,19H,7-9,13H2,1-6H3. The molecule has 0 aliphatic rings. The number of methoxy groups -OCH3 is 1. The molecule has 0 aromatic heterocycles. The molecule has 1 rings (SSSR count). The molecule has 0 fully saturated rings. The average molecular weight is 292 g/mol. The molecule has 0 aliphatic heterocycles. The predicted octanol–water partition coefficient (Wildman–Crippen LogP) is 3.77. The van der Waals surface area contributed by atoms with Gasteiger partial charge in [0.05, 0.1) is 7.11 Å². The molecule has 1 aromatic carbocycles. The van der Waals surface area contributed by atoms with Crippen LogP contribution in [-0.2, 0) is 0 Å². The summed E-state index contributed by atoms with van der Waals surface area (Å²) in [5, 5.41) is 3.61. The van der Waals surface area contributed by atoms with Crippen LogP contribution in [0, 0.1) is 6.92 Å². The number of likely N-dealkylation sites (N-methyl/N-ethyl adjacent to an activating group) is 2. The Labute approximate surface area is 130 Å². The number of rotatable bonds is 9. The summed E-state index contributed by atoms with van der Waals surface area (Å²) in [7, 11) is 3.98. The van der Waals surface area contributed by atoms with Gasteiger partial charge in [-0.15, -0.1) is 0 Å². The molecule has 0 heterocycles. The van der Waals surface area contributed by atoms with Crippen molar-refractivity contribution in [2.45, 2.75) is 52.6 Å². The van der Waals surface area contributed by atoms with Gasteiger partial charge in [0.1, 0.15) is 5.75 Å². The van der Waals surface area contributed by atoms with E-state index < -0.39 is 0 Å². The number of ether oxygens (including phenoxy) is 1. The Hall–Kier alpha value is -1.06. The van der Waals surface area contributed by atoms with Crippen molar-refractivity contribution in [3.05, 3.63) is 29.3 Å². The molecular weight excluding hydrogens is 260 g/mol. The summed E-state index contributed by atoms with van der Waals surface area (Å²) in [6, 6.07) is 7.37. The number of nitrogens with zero attached hydrogens (tertiary/aromatic N) is 1. The normalized spacial score (nSPS) is 13.0. The first-order valence-electron chi connectivity index (χ1n) is 8.15. The smallest absolute Gasteiger partial charge is 0.123 e. The van der Waals surface area contributed by atoms with Crippen LogP contribution in [0.25, 0.3) is 0 Å². The van der Waals surface area contributed by atoms with Gasteiger partial charge < -0.3 is 15.0 Å². The molecule has 0 spiro atoms. The topological polar surface area (TPSA) is 24.5 Å². The Bertz CT molecular complexity index is 416. The molecule has 1 atom stereocenters. The summed E-state index contributed by atoms with van der Waals surface area (Å²) in [4.78, 5) is 2.47. The summed E-state index contributed by atoms with van der Waals surface area (Å²) < 4.78 is 5.56. The van der Waals surface area contributed by atoms with Crippen LogP contribution in [0.3, 0.4) is 0 Å². The van der Waals surface area contributed by atoms with Crippen molar-refractivity contribution in [3.8, 4) is 5.75 Å². The van der Waals surface area contributed by atoms with Gasteiger partial charge in [-0.3, -0.25) is 0 Å².